The van der Waals surface area contributed by atoms with Crippen LogP contribution in [0.15, 0.2) is 39.7 Å². The number of benzene rings is 2. The number of aromatic hydroxyl groups is 1. The number of fused-ring (bicyclic) bond motifs is 1. The number of hydrogen-bond acceptors (Lipinski definition) is 8. The minimum atomic E-state index is -0.673. The number of rotatable bonds is 5. The molecule has 0 amide bonds. The van der Waals surface area contributed by atoms with E-state index in [-0.39, 0.29) is 28.0 Å². The lowest BCUT2D eigenvalue weighted by Crippen LogP contribution is -2.08. The van der Waals surface area contributed by atoms with Gasteiger partial charge in [-0.2, -0.15) is 0 Å². The molecule has 8 heteroatoms. The molecule has 0 saturated carbocycles. The first-order chi connectivity index (χ1) is 13.4. The monoisotopic (exact) mass is 386 g/mol. The number of hydrogen-bond donors (Lipinski definition) is 1. The van der Waals surface area contributed by atoms with Crippen molar-refractivity contribution in [3.63, 3.8) is 0 Å². The highest BCUT2D eigenvalue weighted by Crippen LogP contribution is 2.42. The van der Waals surface area contributed by atoms with E-state index in [2.05, 4.69) is 0 Å². The smallest absolute Gasteiger partial charge is 0.308 e. The van der Waals surface area contributed by atoms with Gasteiger partial charge in [0.05, 0.1) is 26.9 Å². The topological polar surface area (TPSA) is 104 Å². The van der Waals surface area contributed by atoms with Crippen molar-refractivity contribution in [2.24, 2.45) is 0 Å². The zero-order chi connectivity index (χ0) is 20.4. The molecule has 0 aliphatic rings. The van der Waals surface area contributed by atoms with Gasteiger partial charge in [0.25, 0.3) is 0 Å². The van der Waals surface area contributed by atoms with Crippen LogP contribution in [0.25, 0.3) is 22.1 Å². The summed E-state index contributed by atoms with van der Waals surface area (Å²) in [6.45, 7) is 1.17. The summed E-state index contributed by atoms with van der Waals surface area (Å²) in [6, 6.07) is 6.29. The normalized spacial score (nSPS) is 10.6. The van der Waals surface area contributed by atoms with Gasteiger partial charge in [-0.25, -0.2) is 0 Å². The molecule has 3 rings (SSSR count). The van der Waals surface area contributed by atoms with Crippen molar-refractivity contribution in [3.05, 3.63) is 40.8 Å². The van der Waals surface area contributed by atoms with E-state index in [0.29, 0.717) is 17.1 Å². The van der Waals surface area contributed by atoms with Crippen LogP contribution >= 0.6 is 0 Å². The lowest BCUT2D eigenvalue weighted by molar-refractivity contribution is -0.132. The summed E-state index contributed by atoms with van der Waals surface area (Å²) in [7, 11) is 4.32. The first-order valence-corrected chi connectivity index (χ1v) is 8.17. The molecule has 1 heterocycles. The standard InChI is InChI=1S/C20H18O8/c1-10(21)28-20-16(26-4)8-15-17(19(20)23)18(22)12(9-27-15)11-5-6-13(24-2)14(7-11)25-3/h5-9,23H,1-4H3. The third-order valence-corrected chi connectivity index (χ3v) is 4.12. The minimum Gasteiger partial charge on any atom is -0.504 e. The lowest BCUT2D eigenvalue weighted by Gasteiger charge is -2.13. The van der Waals surface area contributed by atoms with Crippen molar-refractivity contribution in [1.29, 1.82) is 0 Å². The highest BCUT2D eigenvalue weighted by molar-refractivity contribution is 5.92. The molecule has 0 saturated heterocycles. The summed E-state index contributed by atoms with van der Waals surface area (Å²) in [5.74, 6) is -0.476. The largest absolute Gasteiger partial charge is 0.504 e. The van der Waals surface area contributed by atoms with Crippen molar-refractivity contribution < 1.29 is 33.3 Å². The average Bonchev–Trinajstić information content (AvgIpc) is 2.69. The number of phenolic OH excluding ortho intramolecular Hbond substituents is 1. The Morgan fingerprint density at radius 1 is 1.00 bits per heavy atom. The van der Waals surface area contributed by atoms with Crippen LogP contribution in [0.3, 0.4) is 0 Å². The Hall–Kier alpha value is -3.68. The molecule has 8 nitrogen and oxygen atoms in total. The maximum Gasteiger partial charge on any atom is 0.308 e. The molecule has 0 atom stereocenters. The molecule has 0 aliphatic carbocycles. The molecule has 0 fully saturated rings. The van der Waals surface area contributed by atoms with Crippen LogP contribution in [0.5, 0.6) is 28.7 Å². The summed E-state index contributed by atoms with van der Waals surface area (Å²) >= 11 is 0. The van der Waals surface area contributed by atoms with Gasteiger partial charge >= 0.3 is 5.97 Å². The molecule has 0 aliphatic heterocycles. The molecular weight excluding hydrogens is 368 g/mol. The Morgan fingerprint density at radius 3 is 2.29 bits per heavy atom. The Bertz CT molecular complexity index is 1110. The number of methoxy groups -OCH3 is 3. The van der Waals surface area contributed by atoms with E-state index >= 15 is 0 Å². The Kier molecular flexibility index (Phi) is 5.12. The third-order valence-electron chi connectivity index (χ3n) is 4.12. The Balaban J connectivity index is 2.27. The fourth-order valence-electron chi connectivity index (χ4n) is 2.82. The van der Waals surface area contributed by atoms with E-state index in [9.17, 15) is 14.7 Å². The number of phenols is 1. The number of carbonyl (C=O) groups excluding carboxylic acids is 1. The van der Waals surface area contributed by atoms with Crippen LogP contribution in [0.4, 0.5) is 0 Å². The third kappa shape index (κ3) is 3.20. The summed E-state index contributed by atoms with van der Waals surface area (Å²) in [5, 5.41) is 10.4. The number of ether oxygens (including phenoxy) is 4. The number of carbonyl (C=O) groups is 1. The van der Waals surface area contributed by atoms with Crippen LogP contribution in [0.2, 0.25) is 0 Å². The second kappa shape index (κ2) is 7.51. The molecule has 1 aromatic heterocycles. The first kappa shape index (κ1) is 19.1. The van der Waals surface area contributed by atoms with Crippen molar-refractivity contribution in [3.8, 4) is 39.9 Å². The Labute approximate surface area is 159 Å². The average molecular weight is 386 g/mol. The first-order valence-electron chi connectivity index (χ1n) is 8.17. The van der Waals surface area contributed by atoms with Gasteiger partial charge in [0.1, 0.15) is 17.2 Å². The molecule has 0 unspecified atom stereocenters. The Morgan fingerprint density at radius 2 is 1.68 bits per heavy atom. The van der Waals surface area contributed by atoms with Gasteiger partial charge in [0.15, 0.2) is 23.0 Å². The second-order valence-corrected chi connectivity index (χ2v) is 5.77. The van der Waals surface area contributed by atoms with Gasteiger partial charge in [-0.1, -0.05) is 6.07 Å². The molecule has 1 N–H and O–H groups in total. The van der Waals surface area contributed by atoms with Gasteiger partial charge in [0.2, 0.25) is 11.2 Å². The molecule has 0 radical (unpaired) electrons. The SMILES string of the molecule is COc1ccc(-c2coc3cc(OC)c(OC(C)=O)c(O)c3c2=O)cc1OC. The highest BCUT2D eigenvalue weighted by Gasteiger charge is 2.22. The maximum atomic E-state index is 13.1. The minimum absolute atomic E-state index is 0.0576. The zero-order valence-corrected chi connectivity index (χ0v) is 15.7. The fraction of sp³-hybridized carbons (Fsp3) is 0.200. The van der Waals surface area contributed by atoms with Crippen molar-refractivity contribution in [1.82, 2.24) is 0 Å². The van der Waals surface area contributed by atoms with Gasteiger partial charge in [-0.15, -0.1) is 0 Å². The molecule has 3 aromatic rings. The molecule has 2 aromatic carbocycles. The zero-order valence-electron chi connectivity index (χ0n) is 15.7. The van der Waals surface area contributed by atoms with Gasteiger partial charge in [-0.05, 0) is 17.7 Å². The van der Waals surface area contributed by atoms with E-state index in [1.54, 1.807) is 18.2 Å². The summed E-state index contributed by atoms with van der Waals surface area (Å²) < 4.78 is 26.1. The molecule has 0 bridgehead atoms. The van der Waals surface area contributed by atoms with Crippen molar-refractivity contribution >= 4 is 16.9 Å². The van der Waals surface area contributed by atoms with E-state index in [0.717, 1.165) is 0 Å². The van der Waals surface area contributed by atoms with Crippen molar-refractivity contribution in [2.75, 3.05) is 21.3 Å². The summed E-state index contributed by atoms with van der Waals surface area (Å²) in [5.41, 5.74) is 0.252. The van der Waals surface area contributed by atoms with Gasteiger partial charge in [0, 0.05) is 13.0 Å². The van der Waals surface area contributed by atoms with E-state index in [1.165, 1.54) is 40.6 Å². The van der Waals surface area contributed by atoms with E-state index in [1.807, 2.05) is 0 Å². The van der Waals surface area contributed by atoms with Gasteiger partial charge < -0.3 is 28.5 Å². The second-order valence-electron chi connectivity index (χ2n) is 5.77. The van der Waals surface area contributed by atoms with E-state index < -0.39 is 17.1 Å². The van der Waals surface area contributed by atoms with Crippen LogP contribution in [-0.2, 0) is 4.79 Å². The molecule has 0 spiro atoms. The fourth-order valence-corrected chi connectivity index (χ4v) is 2.82. The summed E-state index contributed by atoms with van der Waals surface area (Å²) in [4.78, 5) is 24.4. The van der Waals surface area contributed by atoms with E-state index in [4.69, 9.17) is 23.4 Å². The van der Waals surface area contributed by atoms with Crippen LogP contribution < -0.4 is 24.4 Å². The molecular formula is C20H18O8. The maximum absolute atomic E-state index is 13.1. The van der Waals surface area contributed by atoms with Gasteiger partial charge in [-0.3, -0.25) is 9.59 Å². The quantitative estimate of drug-likeness (QED) is 0.527. The van der Waals surface area contributed by atoms with Crippen LogP contribution in [-0.4, -0.2) is 32.4 Å². The predicted molar refractivity (Wildman–Crippen MR) is 101 cm³/mol. The summed E-state index contributed by atoms with van der Waals surface area (Å²) in [6.07, 6.45) is 1.27. The molecule has 146 valence electrons. The van der Waals surface area contributed by atoms with Crippen LogP contribution in [0, 0.1) is 0 Å². The highest BCUT2D eigenvalue weighted by atomic mass is 16.6. The molecule has 28 heavy (non-hydrogen) atoms. The van der Waals surface area contributed by atoms with Crippen molar-refractivity contribution in [2.45, 2.75) is 6.92 Å². The predicted octanol–water partition coefficient (Wildman–Crippen LogP) is 3.12. The van der Waals surface area contributed by atoms with Crippen LogP contribution in [0.1, 0.15) is 6.92 Å². The lowest BCUT2D eigenvalue weighted by atomic mass is 10.0. The number of esters is 1.